The Kier molecular flexibility index (Phi) is 2.24. The number of hydrogen-bond donors (Lipinski definition) is 0. The summed E-state index contributed by atoms with van der Waals surface area (Å²) in [5, 5.41) is 2.72. The van der Waals surface area contributed by atoms with Crippen LogP contribution in [0.5, 0.6) is 0 Å². The van der Waals surface area contributed by atoms with Gasteiger partial charge in [-0.2, -0.15) is 0 Å². The zero-order valence-electron chi connectivity index (χ0n) is 11.3. The van der Waals surface area contributed by atoms with Gasteiger partial charge in [0.2, 0.25) is 0 Å². The van der Waals surface area contributed by atoms with Crippen molar-refractivity contribution in [1.82, 2.24) is 4.57 Å². The maximum Gasteiger partial charge on any atom is 0.0988 e. The minimum absolute atomic E-state index is 0.404. The Balaban J connectivity index is 2.09. The first kappa shape index (κ1) is 11.1. The van der Waals surface area contributed by atoms with Crippen LogP contribution in [0.15, 0.2) is 36.4 Å². The third-order valence-corrected chi connectivity index (χ3v) is 3.96. The highest BCUT2D eigenvalue weighted by Gasteiger charge is 2.24. The van der Waals surface area contributed by atoms with Crippen molar-refractivity contribution in [3.8, 4) is 0 Å². The van der Waals surface area contributed by atoms with E-state index in [0.717, 1.165) is 13.2 Å². The van der Waals surface area contributed by atoms with Crippen molar-refractivity contribution in [2.45, 2.75) is 26.5 Å². The van der Waals surface area contributed by atoms with Crippen molar-refractivity contribution in [2.24, 2.45) is 0 Å². The lowest BCUT2D eigenvalue weighted by atomic mass is 10.1. The molecule has 19 heavy (non-hydrogen) atoms. The standard InChI is InChI=1S/C17H17NO/c1-11-3-5-16-14(7-11)15-8-12(2)4-6-17(15)18(16)9-13-10-19-13/h3-8,13H,9-10H2,1-2H3. The average Bonchev–Trinajstić information content (AvgIpc) is 3.16. The van der Waals surface area contributed by atoms with E-state index in [4.69, 9.17) is 4.74 Å². The van der Waals surface area contributed by atoms with Gasteiger partial charge in [0.1, 0.15) is 0 Å². The molecule has 96 valence electrons. The van der Waals surface area contributed by atoms with Gasteiger partial charge in [-0.3, -0.25) is 0 Å². The van der Waals surface area contributed by atoms with E-state index in [1.165, 1.54) is 32.9 Å². The Labute approximate surface area is 112 Å². The summed E-state index contributed by atoms with van der Waals surface area (Å²) in [4.78, 5) is 0. The average molecular weight is 251 g/mol. The maximum absolute atomic E-state index is 5.41. The third kappa shape index (κ3) is 1.75. The van der Waals surface area contributed by atoms with Crippen molar-refractivity contribution in [1.29, 1.82) is 0 Å². The molecule has 1 aromatic heterocycles. The second kappa shape index (κ2) is 3.84. The first-order valence-electron chi connectivity index (χ1n) is 6.83. The fourth-order valence-electron chi connectivity index (χ4n) is 2.91. The first-order valence-corrected chi connectivity index (χ1v) is 6.83. The highest BCUT2D eigenvalue weighted by Crippen LogP contribution is 2.31. The van der Waals surface area contributed by atoms with Crippen molar-refractivity contribution < 1.29 is 4.74 Å². The second-order valence-corrected chi connectivity index (χ2v) is 5.61. The van der Waals surface area contributed by atoms with E-state index in [9.17, 15) is 0 Å². The molecule has 1 atom stereocenters. The number of benzene rings is 2. The summed E-state index contributed by atoms with van der Waals surface area (Å²) in [6.45, 7) is 6.18. The molecule has 2 nitrogen and oxygen atoms in total. The third-order valence-electron chi connectivity index (χ3n) is 3.96. The van der Waals surface area contributed by atoms with E-state index in [2.05, 4.69) is 54.8 Å². The summed E-state index contributed by atoms with van der Waals surface area (Å²) in [5.41, 5.74) is 5.27. The van der Waals surface area contributed by atoms with E-state index < -0.39 is 0 Å². The van der Waals surface area contributed by atoms with Crippen LogP contribution in [-0.4, -0.2) is 17.3 Å². The van der Waals surface area contributed by atoms with E-state index in [-0.39, 0.29) is 0 Å². The lowest BCUT2D eigenvalue weighted by molar-refractivity contribution is 0.387. The van der Waals surface area contributed by atoms with Crippen LogP contribution < -0.4 is 0 Å². The molecule has 1 unspecified atom stereocenters. The minimum Gasteiger partial charge on any atom is -0.371 e. The Morgan fingerprint density at radius 1 is 1.00 bits per heavy atom. The molecule has 4 rings (SSSR count). The number of hydrogen-bond acceptors (Lipinski definition) is 1. The molecule has 0 amide bonds. The monoisotopic (exact) mass is 251 g/mol. The van der Waals surface area contributed by atoms with Crippen molar-refractivity contribution in [2.75, 3.05) is 6.61 Å². The minimum atomic E-state index is 0.404. The van der Waals surface area contributed by atoms with Crippen LogP contribution in [0, 0.1) is 13.8 Å². The Bertz CT molecular complexity index is 721. The molecular weight excluding hydrogens is 234 g/mol. The summed E-state index contributed by atoms with van der Waals surface area (Å²) in [6, 6.07) is 13.4. The molecule has 0 spiro atoms. The summed E-state index contributed by atoms with van der Waals surface area (Å²) < 4.78 is 7.81. The van der Waals surface area contributed by atoms with Crippen LogP contribution in [0.3, 0.4) is 0 Å². The van der Waals surface area contributed by atoms with Crippen LogP contribution in [0.25, 0.3) is 21.8 Å². The zero-order chi connectivity index (χ0) is 13.0. The largest absolute Gasteiger partial charge is 0.371 e. The van der Waals surface area contributed by atoms with E-state index in [0.29, 0.717) is 6.10 Å². The lowest BCUT2D eigenvalue weighted by Gasteiger charge is -2.05. The van der Waals surface area contributed by atoms with Gasteiger partial charge in [-0.05, 0) is 38.1 Å². The van der Waals surface area contributed by atoms with Crippen LogP contribution in [0.1, 0.15) is 11.1 Å². The van der Waals surface area contributed by atoms with E-state index in [1.807, 2.05) is 0 Å². The van der Waals surface area contributed by atoms with Crippen molar-refractivity contribution in [3.63, 3.8) is 0 Å². The molecule has 0 N–H and O–H groups in total. The number of epoxide rings is 1. The summed E-state index contributed by atoms with van der Waals surface area (Å²) >= 11 is 0. The Morgan fingerprint density at radius 2 is 1.53 bits per heavy atom. The fraction of sp³-hybridized carbons (Fsp3) is 0.294. The molecule has 1 saturated heterocycles. The van der Waals surface area contributed by atoms with Crippen LogP contribution in [0.4, 0.5) is 0 Å². The van der Waals surface area contributed by atoms with Crippen LogP contribution >= 0.6 is 0 Å². The van der Waals surface area contributed by atoms with Crippen LogP contribution in [-0.2, 0) is 11.3 Å². The van der Waals surface area contributed by atoms with Gasteiger partial charge >= 0.3 is 0 Å². The molecule has 3 aromatic rings. The van der Waals surface area contributed by atoms with Crippen molar-refractivity contribution in [3.05, 3.63) is 47.5 Å². The number of aryl methyl sites for hydroxylation is 2. The molecule has 0 aliphatic carbocycles. The lowest BCUT2D eigenvalue weighted by Crippen LogP contribution is -2.03. The summed E-state index contributed by atoms with van der Waals surface area (Å²) in [6.07, 6.45) is 0.404. The quantitative estimate of drug-likeness (QED) is 0.633. The van der Waals surface area contributed by atoms with Gasteiger partial charge in [0, 0.05) is 21.8 Å². The molecule has 0 radical (unpaired) electrons. The molecule has 2 aromatic carbocycles. The number of rotatable bonds is 2. The van der Waals surface area contributed by atoms with Gasteiger partial charge < -0.3 is 9.30 Å². The number of fused-ring (bicyclic) bond motifs is 3. The Morgan fingerprint density at radius 3 is 2.00 bits per heavy atom. The number of nitrogens with zero attached hydrogens (tertiary/aromatic N) is 1. The Hall–Kier alpha value is -1.80. The molecule has 0 bridgehead atoms. The molecule has 1 fully saturated rings. The molecular formula is C17H17NO. The van der Waals surface area contributed by atoms with E-state index >= 15 is 0 Å². The van der Waals surface area contributed by atoms with Gasteiger partial charge in [0.05, 0.1) is 19.3 Å². The molecule has 2 heterocycles. The van der Waals surface area contributed by atoms with Crippen LogP contribution in [0.2, 0.25) is 0 Å². The highest BCUT2D eigenvalue weighted by atomic mass is 16.6. The van der Waals surface area contributed by atoms with Gasteiger partial charge in [-0.25, -0.2) is 0 Å². The zero-order valence-corrected chi connectivity index (χ0v) is 11.3. The number of ether oxygens (including phenoxy) is 1. The summed E-state index contributed by atoms with van der Waals surface area (Å²) in [5.74, 6) is 0. The highest BCUT2D eigenvalue weighted by molar-refractivity contribution is 6.08. The predicted molar refractivity (Wildman–Crippen MR) is 78.7 cm³/mol. The SMILES string of the molecule is Cc1ccc2c(c1)c1cc(C)ccc1n2CC1CO1. The molecule has 0 saturated carbocycles. The summed E-state index contributed by atoms with van der Waals surface area (Å²) in [7, 11) is 0. The topological polar surface area (TPSA) is 17.5 Å². The predicted octanol–water partition coefficient (Wildman–Crippen LogP) is 3.81. The second-order valence-electron chi connectivity index (χ2n) is 5.61. The smallest absolute Gasteiger partial charge is 0.0988 e. The van der Waals surface area contributed by atoms with Gasteiger partial charge in [-0.1, -0.05) is 23.3 Å². The maximum atomic E-state index is 5.41. The van der Waals surface area contributed by atoms with Gasteiger partial charge in [0.25, 0.3) is 0 Å². The van der Waals surface area contributed by atoms with Gasteiger partial charge in [-0.15, -0.1) is 0 Å². The normalized spacial score (nSPS) is 18.3. The first-order chi connectivity index (χ1) is 9.22. The van der Waals surface area contributed by atoms with E-state index in [1.54, 1.807) is 0 Å². The molecule has 2 heteroatoms. The number of aromatic nitrogens is 1. The fourth-order valence-corrected chi connectivity index (χ4v) is 2.91. The molecule has 1 aliphatic heterocycles. The van der Waals surface area contributed by atoms with Gasteiger partial charge in [0.15, 0.2) is 0 Å². The molecule has 1 aliphatic rings. The van der Waals surface area contributed by atoms with Crippen molar-refractivity contribution >= 4 is 21.8 Å².